The van der Waals surface area contributed by atoms with Crippen molar-refractivity contribution in [3.8, 4) is 0 Å². The van der Waals surface area contributed by atoms with Crippen LogP contribution in [0.5, 0.6) is 0 Å². The molecule has 3 unspecified atom stereocenters. The first-order chi connectivity index (χ1) is 3.72. The first-order valence-electron chi connectivity index (χ1n) is 2.64. The Morgan fingerprint density at radius 3 is 2.25 bits per heavy atom. The molecule has 1 aliphatic carbocycles. The van der Waals surface area contributed by atoms with Crippen LogP contribution in [0.25, 0.3) is 0 Å². The smallest absolute Gasteiger partial charge is 0.0578 e. The van der Waals surface area contributed by atoms with Gasteiger partial charge in [-0.3, -0.25) is 0 Å². The monoisotopic (exact) mass is 308 g/mol. The SMILES string of the molecule is ClC1C(Br)CCC1I. The van der Waals surface area contributed by atoms with Crippen molar-refractivity contribution in [1.29, 1.82) is 0 Å². The van der Waals surface area contributed by atoms with Crippen LogP contribution in [0, 0.1) is 0 Å². The van der Waals surface area contributed by atoms with Crippen molar-refractivity contribution in [3.05, 3.63) is 0 Å². The van der Waals surface area contributed by atoms with Crippen molar-refractivity contribution < 1.29 is 0 Å². The zero-order valence-corrected chi connectivity index (χ0v) is 8.78. The van der Waals surface area contributed by atoms with Crippen molar-refractivity contribution in [2.75, 3.05) is 0 Å². The van der Waals surface area contributed by atoms with Gasteiger partial charge < -0.3 is 0 Å². The molecule has 3 heteroatoms. The summed E-state index contributed by atoms with van der Waals surface area (Å²) in [5.74, 6) is 0. The highest BCUT2D eigenvalue weighted by atomic mass is 127. The Balaban J connectivity index is 2.44. The Morgan fingerprint density at radius 2 is 2.12 bits per heavy atom. The van der Waals surface area contributed by atoms with Gasteiger partial charge in [-0.25, -0.2) is 0 Å². The van der Waals surface area contributed by atoms with Crippen LogP contribution in [0.1, 0.15) is 12.8 Å². The summed E-state index contributed by atoms with van der Waals surface area (Å²) in [6.07, 6.45) is 2.51. The fourth-order valence-corrected chi connectivity index (χ4v) is 3.18. The molecule has 0 radical (unpaired) electrons. The summed E-state index contributed by atoms with van der Waals surface area (Å²) in [4.78, 5) is 0.561. The van der Waals surface area contributed by atoms with E-state index in [0.717, 1.165) is 0 Å². The lowest BCUT2D eigenvalue weighted by Gasteiger charge is -2.06. The molecule has 0 nitrogen and oxygen atoms in total. The molecule has 48 valence electrons. The minimum Gasteiger partial charge on any atom is -0.121 e. The summed E-state index contributed by atoms with van der Waals surface area (Å²) < 4.78 is 0.679. The quantitative estimate of drug-likeness (QED) is 0.477. The van der Waals surface area contributed by atoms with Gasteiger partial charge in [0.2, 0.25) is 0 Å². The van der Waals surface area contributed by atoms with Crippen LogP contribution in [0.3, 0.4) is 0 Å². The van der Waals surface area contributed by atoms with Gasteiger partial charge in [0.05, 0.1) is 5.38 Å². The highest BCUT2D eigenvalue weighted by Crippen LogP contribution is 2.34. The maximum Gasteiger partial charge on any atom is 0.0578 e. The molecule has 0 heterocycles. The molecule has 0 N–H and O–H groups in total. The third-order valence-corrected chi connectivity index (χ3v) is 5.17. The van der Waals surface area contributed by atoms with E-state index in [1.165, 1.54) is 12.8 Å². The van der Waals surface area contributed by atoms with E-state index in [1.54, 1.807) is 0 Å². The van der Waals surface area contributed by atoms with Crippen LogP contribution in [-0.4, -0.2) is 14.1 Å². The van der Waals surface area contributed by atoms with Gasteiger partial charge in [-0.05, 0) is 12.8 Å². The van der Waals surface area contributed by atoms with Crippen molar-refractivity contribution in [3.63, 3.8) is 0 Å². The number of halogens is 3. The lowest BCUT2D eigenvalue weighted by Crippen LogP contribution is -2.12. The minimum absolute atomic E-state index is 0.357. The molecule has 0 spiro atoms. The molecule has 8 heavy (non-hydrogen) atoms. The van der Waals surface area contributed by atoms with Gasteiger partial charge in [0.1, 0.15) is 0 Å². The van der Waals surface area contributed by atoms with E-state index in [-0.39, 0.29) is 0 Å². The third-order valence-electron chi connectivity index (χ3n) is 1.41. The fourth-order valence-electron chi connectivity index (χ4n) is 0.863. The molecular formula is C5H7BrClI. The molecule has 1 saturated carbocycles. The van der Waals surface area contributed by atoms with Gasteiger partial charge in [0.15, 0.2) is 0 Å². The zero-order chi connectivity index (χ0) is 6.15. The topological polar surface area (TPSA) is 0 Å². The Hall–Kier alpha value is 1.50. The van der Waals surface area contributed by atoms with Crippen LogP contribution < -0.4 is 0 Å². The summed E-state index contributed by atoms with van der Waals surface area (Å²) in [5, 5.41) is 0.357. The van der Waals surface area contributed by atoms with E-state index < -0.39 is 0 Å². The second kappa shape index (κ2) is 3.06. The van der Waals surface area contributed by atoms with E-state index in [2.05, 4.69) is 38.5 Å². The van der Waals surface area contributed by atoms with Gasteiger partial charge in [-0.2, -0.15) is 0 Å². The molecule has 1 rings (SSSR count). The third kappa shape index (κ3) is 1.51. The van der Waals surface area contributed by atoms with Crippen LogP contribution in [-0.2, 0) is 0 Å². The van der Waals surface area contributed by atoms with Gasteiger partial charge >= 0.3 is 0 Å². The number of hydrogen-bond acceptors (Lipinski definition) is 0. The molecule has 0 bridgehead atoms. The first kappa shape index (κ1) is 7.61. The maximum atomic E-state index is 5.96. The molecule has 1 aliphatic rings. The molecule has 0 saturated heterocycles. The lowest BCUT2D eigenvalue weighted by molar-refractivity contribution is 0.918. The van der Waals surface area contributed by atoms with Gasteiger partial charge in [-0.15, -0.1) is 11.6 Å². The number of rotatable bonds is 0. The number of alkyl halides is 3. The van der Waals surface area contributed by atoms with E-state index in [1.807, 2.05) is 0 Å². The Kier molecular flexibility index (Phi) is 2.91. The van der Waals surface area contributed by atoms with Gasteiger partial charge in [0.25, 0.3) is 0 Å². The maximum absolute atomic E-state index is 5.96. The molecular weight excluding hydrogens is 302 g/mol. The van der Waals surface area contributed by atoms with Crippen LogP contribution in [0.15, 0.2) is 0 Å². The molecule has 1 fully saturated rings. The van der Waals surface area contributed by atoms with Crippen LogP contribution >= 0.6 is 50.1 Å². The standard InChI is InChI=1S/C5H7BrClI/c6-3-1-2-4(8)5(3)7/h3-5H,1-2H2. The van der Waals surface area contributed by atoms with E-state index in [4.69, 9.17) is 11.6 Å². The Labute approximate surface area is 76.6 Å². The average molecular weight is 309 g/mol. The molecule has 0 aliphatic heterocycles. The van der Waals surface area contributed by atoms with Crippen molar-refractivity contribution in [2.24, 2.45) is 0 Å². The first-order valence-corrected chi connectivity index (χ1v) is 5.24. The Morgan fingerprint density at radius 1 is 1.50 bits per heavy atom. The molecule has 0 aromatic heterocycles. The van der Waals surface area contributed by atoms with E-state index in [9.17, 15) is 0 Å². The highest BCUT2D eigenvalue weighted by Gasteiger charge is 2.30. The second-order valence-corrected chi connectivity index (χ2v) is 5.33. The average Bonchev–Trinajstić information content (AvgIpc) is 1.98. The normalized spacial score (nSPS) is 47.6. The molecule has 0 amide bonds. The predicted octanol–water partition coefficient (Wildman–Crippen LogP) is 2.95. The summed E-state index contributed by atoms with van der Waals surface area (Å²) >= 11 is 11.9. The molecule has 0 aromatic carbocycles. The summed E-state index contributed by atoms with van der Waals surface area (Å²) in [6.45, 7) is 0. The fraction of sp³-hybridized carbons (Fsp3) is 1.00. The highest BCUT2D eigenvalue weighted by molar-refractivity contribution is 14.1. The van der Waals surface area contributed by atoms with Crippen LogP contribution in [0.4, 0.5) is 0 Å². The van der Waals surface area contributed by atoms with Crippen LogP contribution in [0.2, 0.25) is 0 Å². The summed E-state index contributed by atoms with van der Waals surface area (Å²) in [7, 11) is 0. The Bertz CT molecular complexity index is 78.5. The van der Waals surface area contributed by atoms with Crippen molar-refractivity contribution in [1.82, 2.24) is 0 Å². The van der Waals surface area contributed by atoms with Crippen molar-refractivity contribution in [2.45, 2.75) is 27.0 Å². The molecule has 3 atom stereocenters. The summed E-state index contributed by atoms with van der Waals surface area (Å²) in [6, 6.07) is 0. The predicted molar refractivity (Wildman–Crippen MR) is 49.4 cm³/mol. The summed E-state index contributed by atoms with van der Waals surface area (Å²) in [5.41, 5.74) is 0. The van der Waals surface area contributed by atoms with Gasteiger partial charge in [0, 0.05) is 8.75 Å². The van der Waals surface area contributed by atoms with Gasteiger partial charge in [-0.1, -0.05) is 38.5 Å². The number of hydrogen-bond donors (Lipinski definition) is 0. The minimum atomic E-state index is 0.357. The lowest BCUT2D eigenvalue weighted by atomic mass is 10.4. The molecule has 0 aromatic rings. The second-order valence-electron chi connectivity index (χ2n) is 2.05. The van der Waals surface area contributed by atoms with E-state index >= 15 is 0 Å². The van der Waals surface area contributed by atoms with Crippen molar-refractivity contribution >= 4 is 50.1 Å². The van der Waals surface area contributed by atoms with E-state index in [0.29, 0.717) is 14.1 Å². The largest absolute Gasteiger partial charge is 0.121 e. The zero-order valence-electron chi connectivity index (χ0n) is 4.28.